The van der Waals surface area contributed by atoms with E-state index in [0.717, 1.165) is 0 Å². The molecule has 2 aromatic rings. The Morgan fingerprint density at radius 3 is 2.53 bits per heavy atom. The van der Waals surface area contributed by atoms with Crippen molar-refractivity contribution in [3.63, 3.8) is 0 Å². The molecule has 0 atom stereocenters. The largest absolute Gasteiger partial charge is 0.497 e. The van der Waals surface area contributed by atoms with E-state index in [1.54, 1.807) is 31.4 Å². The van der Waals surface area contributed by atoms with Crippen LogP contribution < -0.4 is 15.2 Å². The van der Waals surface area contributed by atoms with Crippen molar-refractivity contribution in [2.24, 2.45) is 5.73 Å². The zero-order valence-corrected chi connectivity index (χ0v) is 11.8. The summed E-state index contributed by atoms with van der Waals surface area (Å²) >= 11 is 11.1. The number of thiocarbonyl (C=S) groups is 1. The Kier molecular flexibility index (Phi) is 4.24. The van der Waals surface area contributed by atoms with Crippen LogP contribution in [0.2, 0.25) is 5.02 Å². The molecule has 0 aliphatic rings. The molecule has 0 spiro atoms. The van der Waals surface area contributed by atoms with Crippen LogP contribution in [0.5, 0.6) is 17.2 Å². The van der Waals surface area contributed by atoms with E-state index in [9.17, 15) is 0 Å². The number of nitrogens with two attached hydrogens (primary N) is 1. The molecular formula is C14H12ClNO2S. The Hall–Kier alpha value is -1.78. The van der Waals surface area contributed by atoms with E-state index in [-0.39, 0.29) is 4.99 Å². The van der Waals surface area contributed by atoms with Gasteiger partial charge in [0.2, 0.25) is 0 Å². The topological polar surface area (TPSA) is 44.5 Å². The Balaban J connectivity index is 2.38. The molecule has 0 bridgehead atoms. The summed E-state index contributed by atoms with van der Waals surface area (Å²) in [6, 6.07) is 12.5. The van der Waals surface area contributed by atoms with Crippen molar-refractivity contribution in [1.29, 1.82) is 0 Å². The van der Waals surface area contributed by atoms with E-state index in [0.29, 0.717) is 27.8 Å². The van der Waals surface area contributed by atoms with Crippen LogP contribution >= 0.6 is 23.8 Å². The molecule has 0 saturated carbocycles. The van der Waals surface area contributed by atoms with Gasteiger partial charge in [0.25, 0.3) is 0 Å². The van der Waals surface area contributed by atoms with Crippen LogP contribution in [0.25, 0.3) is 0 Å². The minimum Gasteiger partial charge on any atom is -0.497 e. The molecule has 2 aromatic carbocycles. The van der Waals surface area contributed by atoms with Crippen molar-refractivity contribution in [2.75, 3.05) is 7.11 Å². The second kappa shape index (κ2) is 5.91. The third-order valence-corrected chi connectivity index (χ3v) is 3.01. The third-order valence-electron chi connectivity index (χ3n) is 2.49. The maximum Gasteiger partial charge on any atom is 0.139 e. The van der Waals surface area contributed by atoms with Gasteiger partial charge < -0.3 is 15.2 Å². The Labute approximate surface area is 121 Å². The summed E-state index contributed by atoms with van der Waals surface area (Å²) in [6.45, 7) is 0. The summed E-state index contributed by atoms with van der Waals surface area (Å²) in [7, 11) is 1.60. The first kappa shape index (κ1) is 13.6. The summed E-state index contributed by atoms with van der Waals surface area (Å²) in [5, 5.41) is 0.466. The average Bonchev–Trinajstić information content (AvgIpc) is 2.38. The summed E-state index contributed by atoms with van der Waals surface area (Å²) in [6.07, 6.45) is 0. The molecule has 0 radical (unpaired) electrons. The number of hydrogen-bond donors (Lipinski definition) is 1. The maximum absolute atomic E-state index is 6.08. The van der Waals surface area contributed by atoms with Gasteiger partial charge >= 0.3 is 0 Å². The fourth-order valence-electron chi connectivity index (χ4n) is 1.62. The zero-order valence-electron chi connectivity index (χ0n) is 10.2. The van der Waals surface area contributed by atoms with Gasteiger partial charge in [0, 0.05) is 6.07 Å². The van der Waals surface area contributed by atoms with E-state index in [2.05, 4.69) is 0 Å². The molecular weight excluding hydrogens is 282 g/mol. The third kappa shape index (κ3) is 3.16. The minimum atomic E-state index is 0.198. The highest BCUT2D eigenvalue weighted by Crippen LogP contribution is 2.31. The van der Waals surface area contributed by atoms with Gasteiger partial charge in [-0.25, -0.2) is 0 Å². The van der Waals surface area contributed by atoms with Crippen LogP contribution in [0.15, 0.2) is 42.5 Å². The molecule has 0 saturated heterocycles. The maximum atomic E-state index is 6.08. The molecule has 3 nitrogen and oxygen atoms in total. The number of rotatable bonds is 4. The lowest BCUT2D eigenvalue weighted by Crippen LogP contribution is -2.11. The molecule has 98 valence electrons. The van der Waals surface area contributed by atoms with Gasteiger partial charge in [-0.1, -0.05) is 36.0 Å². The van der Waals surface area contributed by atoms with Crippen LogP contribution in [0, 0.1) is 0 Å². The zero-order chi connectivity index (χ0) is 13.8. The van der Waals surface area contributed by atoms with Crippen molar-refractivity contribution in [2.45, 2.75) is 0 Å². The first-order chi connectivity index (χ1) is 9.11. The van der Waals surface area contributed by atoms with Gasteiger partial charge in [-0.3, -0.25) is 0 Å². The number of ether oxygens (including phenoxy) is 2. The quantitative estimate of drug-likeness (QED) is 0.872. The van der Waals surface area contributed by atoms with E-state index in [1.165, 1.54) is 0 Å². The first-order valence-electron chi connectivity index (χ1n) is 5.52. The second-order valence-electron chi connectivity index (χ2n) is 3.76. The van der Waals surface area contributed by atoms with Crippen molar-refractivity contribution < 1.29 is 9.47 Å². The van der Waals surface area contributed by atoms with Gasteiger partial charge in [0.05, 0.1) is 17.7 Å². The molecule has 5 heteroatoms. The van der Waals surface area contributed by atoms with E-state index in [1.807, 2.05) is 18.2 Å². The second-order valence-corrected chi connectivity index (χ2v) is 4.61. The highest BCUT2D eigenvalue weighted by molar-refractivity contribution is 7.80. The van der Waals surface area contributed by atoms with Gasteiger partial charge in [-0.2, -0.15) is 0 Å². The standard InChI is InChI=1S/C14H12ClNO2S/c1-17-9-4-2-5-10(8-9)18-12-7-3-6-11(15)13(12)14(16)19/h2-8H,1H3,(H2,16,19). The average molecular weight is 294 g/mol. The molecule has 0 heterocycles. The van der Waals surface area contributed by atoms with Crippen LogP contribution in [-0.4, -0.2) is 12.1 Å². The number of hydrogen-bond acceptors (Lipinski definition) is 3. The highest BCUT2D eigenvalue weighted by atomic mass is 35.5. The summed E-state index contributed by atoms with van der Waals surface area (Å²) in [5.74, 6) is 1.85. The van der Waals surface area contributed by atoms with Crippen LogP contribution in [0.4, 0.5) is 0 Å². The SMILES string of the molecule is COc1cccc(Oc2cccc(Cl)c2C(N)=S)c1. The minimum absolute atomic E-state index is 0.198. The fourth-order valence-corrected chi connectivity index (χ4v) is 2.15. The van der Waals surface area contributed by atoms with Gasteiger partial charge in [-0.15, -0.1) is 0 Å². The summed E-state index contributed by atoms with van der Waals surface area (Å²) in [5.41, 5.74) is 6.20. The molecule has 0 aliphatic carbocycles. The van der Waals surface area contributed by atoms with Gasteiger partial charge in [-0.05, 0) is 24.3 Å². The Morgan fingerprint density at radius 1 is 1.16 bits per heavy atom. The van der Waals surface area contributed by atoms with E-state index in [4.69, 9.17) is 39.0 Å². The Morgan fingerprint density at radius 2 is 1.84 bits per heavy atom. The lowest BCUT2D eigenvalue weighted by atomic mass is 10.2. The van der Waals surface area contributed by atoms with Crippen molar-refractivity contribution in [1.82, 2.24) is 0 Å². The lowest BCUT2D eigenvalue weighted by Gasteiger charge is -2.12. The van der Waals surface area contributed by atoms with Crippen molar-refractivity contribution >= 4 is 28.8 Å². The summed E-state index contributed by atoms with van der Waals surface area (Å²) in [4.78, 5) is 0.198. The van der Waals surface area contributed by atoms with Crippen LogP contribution in [0.1, 0.15) is 5.56 Å². The number of benzene rings is 2. The van der Waals surface area contributed by atoms with Crippen molar-refractivity contribution in [3.8, 4) is 17.2 Å². The van der Waals surface area contributed by atoms with Crippen LogP contribution in [0.3, 0.4) is 0 Å². The molecule has 2 rings (SSSR count). The number of halogens is 1. The smallest absolute Gasteiger partial charge is 0.139 e. The van der Waals surface area contributed by atoms with E-state index >= 15 is 0 Å². The van der Waals surface area contributed by atoms with Crippen molar-refractivity contribution in [3.05, 3.63) is 53.1 Å². The predicted molar refractivity (Wildman–Crippen MR) is 80.4 cm³/mol. The Bertz CT molecular complexity index is 616. The molecule has 0 aromatic heterocycles. The summed E-state index contributed by atoms with van der Waals surface area (Å²) < 4.78 is 10.9. The van der Waals surface area contributed by atoms with Gasteiger partial charge in [0.1, 0.15) is 22.2 Å². The predicted octanol–water partition coefficient (Wildman–Crippen LogP) is 3.78. The molecule has 19 heavy (non-hydrogen) atoms. The molecule has 0 aliphatic heterocycles. The molecule has 2 N–H and O–H groups in total. The number of methoxy groups -OCH3 is 1. The molecule has 0 fully saturated rings. The molecule has 0 unspecified atom stereocenters. The lowest BCUT2D eigenvalue weighted by molar-refractivity contribution is 0.409. The van der Waals surface area contributed by atoms with Gasteiger partial charge in [0.15, 0.2) is 0 Å². The molecule has 0 amide bonds. The van der Waals surface area contributed by atoms with E-state index < -0.39 is 0 Å². The highest BCUT2D eigenvalue weighted by Gasteiger charge is 2.11. The fraction of sp³-hybridized carbons (Fsp3) is 0.0714. The normalized spacial score (nSPS) is 10.0. The van der Waals surface area contributed by atoms with Crippen LogP contribution in [-0.2, 0) is 0 Å². The first-order valence-corrected chi connectivity index (χ1v) is 6.30. The monoisotopic (exact) mass is 293 g/mol.